The van der Waals surface area contributed by atoms with Crippen molar-refractivity contribution in [1.82, 2.24) is 0 Å². The van der Waals surface area contributed by atoms with Crippen LogP contribution in [0.5, 0.6) is 0 Å². The molecule has 1 fully saturated rings. The molecule has 0 heterocycles. The van der Waals surface area contributed by atoms with Gasteiger partial charge in [-0.2, -0.15) is 0 Å². The lowest BCUT2D eigenvalue weighted by Crippen LogP contribution is -2.21. The summed E-state index contributed by atoms with van der Waals surface area (Å²) in [6.45, 7) is 0. The Kier molecular flexibility index (Phi) is 2.88. The molecule has 0 aromatic heterocycles. The molecule has 0 atom stereocenters. The molecule has 96 valence electrons. The summed E-state index contributed by atoms with van der Waals surface area (Å²) in [6.07, 6.45) is 0.206. The van der Waals surface area contributed by atoms with Crippen molar-refractivity contribution in [3.05, 3.63) is 35.1 Å². The molecule has 0 radical (unpaired) electrons. The molecule has 18 heavy (non-hydrogen) atoms. The van der Waals surface area contributed by atoms with Crippen molar-refractivity contribution in [3.8, 4) is 0 Å². The monoisotopic (exact) mass is 258 g/mol. The minimum Gasteiger partial charge on any atom is -0.481 e. The van der Waals surface area contributed by atoms with Gasteiger partial charge in [0.25, 0.3) is 0 Å². The molecule has 3 nitrogen and oxygen atoms in total. The van der Waals surface area contributed by atoms with Crippen LogP contribution in [0.2, 0.25) is 0 Å². The number of Topliss-reactive ketones (excluding diaryl/α,β-unsaturated/α-hetero) is 1. The van der Waals surface area contributed by atoms with Crippen molar-refractivity contribution in [2.75, 3.05) is 0 Å². The van der Waals surface area contributed by atoms with Crippen LogP contribution in [0.25, 0.3) is 0 Å². The Morgan fingerprint density at radius 3 is 2.17 bits per heavy atom. The lowest BCUT2D eigenvalue weighted by Gasteiger charge is -2.12. The highest BCUT2D eigenvalue weighted by Gasteiger charge is 2.52. The zero-order valence-electron chi connectivity index (χ0n) is 9.17. The van der Waals surface area contributed by atoms with Crippen LogP contribution in [0, 0.1) is 22.9 Å². The molecule has 1 saturated carbocycles. The van der Waals surface area contributed by atoms with Gasteiger partial charge < -0.3 is 5.11 Å². The summed E-state index contributed by atoms with van der Waals surface area (Å²) in [5.74, 6) is -5.83. The molecule has 1 aromatic rings. The second-order valence-corrected chi connectivity index (χ2v) is 4.43. The molecule has 1 N–H and O–H groups in total. The molecule has 1 aliphatic carbocycles. The molecule has 0 unspecified atom stereocenters. The number of ketones is 1. The summed E-state index contributed by atoms with van der Waals surface area (Å²) in [6, 6.07) is 0.772. The van der Waals surface area contributed by atoms with E-state index in [0.717, 1.165) is 0 Å². The van der Waals surface area contributed by atoms with E-state index in [0.29, 0.717) is 25.0 Å². The third kappa shape index (κ3) is 2.10. The molecular formula is C12H9F3O3. The summed E-state index contributed by atoms with van der Waals surface area (Å²) in [7, 11) is 0. The SMILES string of the molecule is O=C(O)CC1(C(=O)c2cc(F)c(F)cc2F)CC1. The Labute approximate surface area is 100 Å². The van der Waals surface area contributed by atoms with E-state index in [2.05, 4.69) is 0 Å². The topological polar surface area (TPSA) is 54.4 Å². The number of carbonyl (C=O) groups is 2. The van der Waals surface area contributed by atoms with Crippen LogP contribution >= 0.6 is 0 Å². The first-order chi connectivity index (χ1) is 8.35. The van der Waals surface area contributed by atoms with Crippen molar-refractivity contribution in [2.24, 2.45) is 5.41 Å². The molecule has 1 aromatic carbocycles. The maximum absolute atomic E-state index is 13.4. The molecule has 0 spiro atoms. The summed E-state index contributed by atoms with van der Waals surface area (Å²) in [4.78, 5) is 22.6. The van der Waals surface area contributed by atoms with Crippen LogP contribution < -0.4 is 0 Å². The fourth-order valence-corrected chi connectivity index (χ4v) is 1.91. The van der Waals surface area contributed by atoms with Gasteiger partial charge in [-0.15, -0.1) is 0 Å². The predicted octanol–water partition coefficient (Wildman–Crippen LogP) is 2.54. The molecule has 0 aliphatic heterocycles. The average molecular weight is 258 g/mol. The van der Waals surface area contributed by atoms with Gasteiger partial charge in [-0.25, -0.2) is 13.2 Å². The zero-order valence-corrected chi connectivity index (χ0v) is 9.17. The Morgan fingerprint density at radius 1 is 1.11 bits per heavy atom. The Balaban J connectivity index is 2.35. The molecule has 6 heteroatoms. The highest BCUT2D eigenvalue weighted by atomic mass is 19.2. The smallest absolute Gasteiger partial charge is 0.304 e. The lowest BCUT2D eigenvalue weighted by atomic mass is 9.91. The fraction of sp³-hybridized carbons (Fsp3) is 0.333. The molecule has 0 amide bonds. The van der Waals surface area contributed by atoms with Crippen molar-refractivity contribution in [2.45, 2.75) is 19.3 Å². The second-order valence-electron chi connectivity index (χ2n) is 4.43. The third-order valence-electron chi connectivity index (χ3n) is 3.08. The predicted molar refractivity (Wildman–Crippen MR) is 54.6 cm³/mol. The van der Waals surface area contributed by atoms with Gasteiger partial charge in [0.1, 0.15) is 5.82 Å². The number of rotatable bonds is 4. The van der Waals surface area contributed by atoms with E-state index in [1.165, 1.54) is 0 Å². The number of halogens is 3. The Bertz CT molecular complexity index is 536. The molecule has 1 aliphatic rings. The van der Waals surface area contributed by atoms with Crippen molar-refractivity contribution in [3.63, 3.8) is 0 Å². The Morgan fingerprint density at radius 2 is 1.67 bits per heavy atom. The first-order valence-corrected chi connectivity index (χ1v) is 5.27. The molecular weight excluding hydrogens is 249 g/mol. The van der Waals surface area contributed by atoms with Crippen molar-refractivity contribution in [1.29, 1.82) is 0 Å². The average Bonchev–Trinajstić information content (AvgIpc) is 3.02. The van der Waals surface area contributed by atoms with E-state index < -0.39 is 46.6 Å². The summed E-state index contributed by atoms with van der Waals surface area (Å²) >= 11 is 0. The first kappa shape index (κ1) is 12.6. The standard InChI is InChI=1S/C12H9F3O3/c13-7-4-9(15)8(14)3-6(7)11(18)12(1-2-12)5-10(16)17/h3-4H,1-2,5H2,(H,16,17). The first-order valence-electron chi connectivity index (χ1n) is 5.27. The number of hydrogen-bond acceptors (Lipinski definition) is 2. The van der Waals surface area contributed by atoms with Crippen molar-refractivity contribution >= 4 is 11.8 Å². The van der Waals surface area contributed by atoms with Crippen LogP contribution in [0.1, 0.15) is 29.6 Å². The van der Waals surface area contributed by atoms with E-state index in [4.69, 9.17) is 5.11 Å². The Hall–Kier alpha value is -1.85. The van der Waals surface area contributed by atoms with Gasteiger partial charge in [0.15, 0.2) is 17.4 Å². The van der Waals surface area contributed by atoms with Crippen LogP contribution in [-0.2, 0) is 4.79 Å². The van der Waals surface area contributed by atoms with Crippen LogP contribution in [0.4, 0.5) is 13.2 Å². The maximum atomic E-state index is 13.4. The number of carboxylic acids is 1. The summed E-state index contributed by atoms with van der Waals surface area (Å²) in [5, 5.41) is 8.67. The largest absolute Gasteiger partial charge is 0.481 e. The van der Waals surface area contributed by atoms with Gasteiger partial charge in [-0.3, -0.25) is 9.59 Å². The van der Waals surface area contributed by atoms with Crippen LogP contribution in [0.3, 0.4) is 0 Å². The number of carboxylic acid groups (broad SMARTS) is 1. The fourth-order valence-electron chi connectivity index (χ4n) is 1.91. The summed E-state index contributed by atoms with van der Waals surface area (Å²) in [5.41, 5.74) is -1.75. The van der Waals surface area contributed by atoms with E-state index >= 15 is 0 Å². The maximum Gasteiger partial charge on any atom is 0.304 e. The molecule has 0 bridgehead atoms. The second kappa shape index (κ2) is 4.12. The van der Waals surface area contributed by atoms with Gasteiger partial charge in [0.05, 0.1) is 12.0 Å². The van der Waals surface area contributed by atoms with Gasteiger partial charge >= 0.3 is 5.97 Å². The normalized spacial score (nSPS) is 16.4. The van der Waals surface area contributed by atoms with E-state index in [-0.39, 0.29) is 0 Å². The highest BCUT2D eigenvalue weighted by Crippen LogP contribution is 2.51. The third-order valence-corrected chi connectivity index (χ3v) is 3.08. The van der Waals surface area contributed by atoms with Crippen LogP contribution in [0.15, 0.2) is 12.1 Å². The quantitative estimate of drug-likeness (QED) is 0.667. The molecule has 2 rings (SSSR count). The molecule has 0 saturated heterocycles. The number of aliphatic carboxylic acids is 1. The van der Waals surface area contributed by atoms with Gasteiger partial charge in [-0.1, -0.05) is 0 Å². The minimum absolute atomic E-state index is 0.291. The van der Waals surface area contributed by atoms with Gasteiger partial charge in [0, 0.05) is 11.5 Å². The van der Waals surface area contributed by atoms with Gasteiger partial charge in [0.2, 0.25) is 0 Å². The highest BCUT2D eigenvalue weighted by molar-refractivity contribution is 6.04. The number of carbonyl (C=O) groups excluding carboxylic acids is 1. The lowest BCUT2D eigenvalue weighted by molar-refractivity contribution is -0.138. The van der Waals surface area contributed by atoms with E-state index in [1.54, 1.807) is 0 Å². The van der Waals surface area contributed by atoms with Crippen molar-refractivity contribution < 1.29 is 27.9 Å². The van der Waals surface area contributed by atoms with E-state index in [1.807, 2.05) is 0 Å². The summed E-state index contributed by atoms with van der Waals surface area (Å²) < 4.78 is 39.1. The minimum atomic E-state index is -1.38. The van der Waals surface area contributed by atoms with Gasteiger partial charge in [-0.05, 0) is 18.9 Å². The van der Waals surface area contributed by atoms with E-state index in [9.17, 15) is 22.8 Å². The number of hydrogen-bond donors (Lipinski definition) is 1. The zero-order chi connectivity index (χ0) is 13.5. The number of benzene rings is 1. The van der Waals surface area contributed by atoms with Crippen LogP contribution in [-0.4, -0.2) is 16.9 Å².